The molecule has 3 aromatic carbocycles. The zero-order valence-corrected chi connectivity index (χ0v) is 20.8. The Bertz CT molecular complexity index is 1260. The summed E-state index contributed by atoms with van der Waals surface area (Å²) in [5.41, 5.74) is 5.26. The molecule has 0 aliphatic carbocycles. The maximum Gasteiger partial charge on any atom is 0.250 e. The molecule has 0 bridgehead atoms. The first-order valence-corrected chi connectivity index (χ1v) is 12.4. The molecule has 1 N–H and O–H groups in total. The number of rotatable bonds is 9. The van der Waals surface area contributed by atoms with Crippen LogP contribution in [-0.2, 0) is 4.79 Å². The minimum Gasteiger partial charge on any atom is -0.494 e. The number of carbonyl (C=O) groups excluding carboxylic acids is 1. The quantitative estimate of drug-likeness (QED) is 0.178. The molecule has 0 spiro atoms. The monoisotopic (exact) mass is 535 g/mol. The van der Waals surface area contributed by atoms with Crippen molar-refractivity contribution in [1.82, 2.24) is 20.2 Å². The lowest BCUT2D eigenvalue weighted by Gasteiger charge is -2.11. The highest BCUT2D eigenvalue weighted by Crippen LogP contribution is 2.28. The molecule has 1 amide bonds. The third kappa shape index (κ3) is 6.12. The van der Waals surface area contributed by atoms with Crippen LogP contribution in [0.4, 0.5) is 0 Å². The number of carbonyl (C=O) groups is 1. The van der Waals surface area contributed by atoms with Crippen molar-refractivity contribution in [2.75, 3.05) is 12.4 Å². The molecule has 0 aliphatic heterocycles. The summed E-state index contributed by atoms with van der Waals surface area (Å²) < 4.78 is 8.48. The van der Waals surface area contributed by atoms with Crippen molar-refractivity contribution >= 4 is 39.8 Å². The highest BCUT2D eigenvalue weighted by atomic mass is 79.9. The van der Waals surface area contributed by atoms with E-state index in [1.54, 1.807) is 6.21 Å². The van der Waals surface area contributed by atoms with Gasteiger partial charge in [-0.3, -0.25) is 9.36 Å². The number of thioether (sulfide) groups is 1. The maximum atomic E-state index is 12.4. The Kier molecular flexibility index (Phi) is 8.11. The van der Waals surface area contributed by atoms with Crippen molar-refractivity contribution in [2.24, 2.45) is 5.10 Å². The molecule has 4 rings (SSSR count). The van der Waals surface area contributed by atoms with Crippen molar-refractivity contribution in [2.45, 2.75) is 12.1 Å². The van der Waals surface area contributed by atoms with Crippen LogP contribution in [0.25, 0.3) is 17.1 Å². The Balaban J connectivity index is 1.50. The predicted molar refractivity (Wildman–Crippen MR) is 139 cm³/mol. The number of halogens is 1. The first kappa shape index (κ1) is 23.7. The highest BCUT2D eigenvalue weighted by Gasteiger charge is 2.17. The molecular weight excluding hydrogens is 514 g/mol. The van der Waals surface area contributed by atoms with Crippen molar-refractivity contribution in [3.05, 3.63) is 88.9 Å². The fourth-order valence-electron chi connectivity index (χ4n) is 3.12. The number of hydrogen-bond donors (Lipinski definition) is 1. The van der Waals surface area contributed by atoms with E-state index in [1.807, 2.05) is 90.4 Å². The summed E-state index contributed by atoms with van der Waals surface area (Å²) in [6, 6.07) is 25.2. The first-order valence-electron chi connectivity index (χ1n) is 10.6. The second kappa shape index (κ2) is 11.6. The Morgan fingerprint density at radius 2 is 1.79 bits per heavy atom. The summed E-state index contributed by atoms with van der Waals surface area (Å²) in [4.78, 5) is 12.4. The summed E-state index contributed by atoms with van der Waals surface area (Å²) in [5, 5.41) is 13.4. The maximum absolute atomic E-state index is 12.4. The molecule has 0 atom stereocenters. The van der Waals surface area contributed by atoms with Crippen LogP contribution in [0, 0.1) is 0 Å². The fraction of sp³-hybridized carbons (Fsp3) is 0.120. The second-order valence-electron chi connectivity index (χ2n) is 7.07. The molecule has 4 aromatic rings. The molecule has 0 unspecified atom stereocenters. The van der Waals surface area contributed by atoms with E-state index < -0.39 is 0 Å². The number of hydrazone groups is 1. The molecule has 0 fully saturated rings. The third-order valence-electron chi connectivity index (χ3n) is 4.68. The standard InChI is InChI=1S/C25H22BrN5O2S/c1-2-33-22-14-12-21(13-15-22)31-24(19-6-4-3-5-7-19)29-30-25(31)34-17-23(32)28-27-16-18-8-10-20(26)11-9-18/h3-16H,2,17H2,1H3,(H,28,32)/b27-16+. The number of nitrogens with zero attached hydrogens (tertiary/aromatic N) is 4. The van der Waals surface area contributed by atoms with E-state index in [4.69, 9.17) is 4.74 Å². The van der Waals surface area contributed by atoms with Crippen LogP contribution in [0.3, 0.4) is 0 Å². The summed E-state index contributed by atoms with van der Waals surface area (Å²) in [6.45, 7) is 2.55. The van der Waals surface area contributed by atoms with Gasteiger partial charge < -0.3 is 4.74 Å². The van der Waals surface area contributed by atoms with Crippen LogP contribution in [0.1, 0.15) is 12.5 Å². The average molecular weight is 536 g/mol. The molecule has 0 saturated heterocycles. The number of ether oxygens (including phenoxy) is 1. The lowest BCUT2D eigenvalue weighted by Crippen LogP contribution is -2.20. The van der Waals surface area contributed by atoms with Crippen LogP contribution in [0.2, 0.25) is 0 Å². The summed E-state index contributed by atoms with van der Waals surface area (Å²) >= 11 is 4.69. The van der Waals surface area contributed by atoms with E-state index in [0.29, 0.717) is 17.6 Å². The Morgan fingerprint density at radius 1 is 1.06 bits per heavy atom. The van der Waals surface area contributed by atoms with E-state index in [9.17, 15) is 4.79 Å². The van der Waals surface area contributed by atoms with Crippen molar-refractivity contribution < 1.29 is 9.53 Å². The highest BCUT2D eigenvalue weighted by molar-refractivity contribution is 9.10. The first-order chi connectivity index (χ1) is 16.6. The molecule has 172 valence electrons. The van der Waals surface area contributed by atoms with Crippen LogP contribution in [0.15, 0.2) is 93.6 Å². The molecular formula is C25H22BrN5O2S. The lowest BCUT2D eigenvalue weighted by atomic mass is 10.2. The summed E-state index contributed by atoms with van der Waals surface area (Å²) in [6.07, 6.45) is 1.60. The third-order valence-corrected chi connectivity index (χ3v) is 6.13. The average Bonchev–Trinajstić information content (AvgIpc) is 3.29. The summed E-state index contributed by atoms with van der Waals surface area (Å²) in [5.74, 6) is 1.39. The normalized spacial score (nSPS) is 11.0. The minimum atomic E-state index is -0.235. The van der Waals surface area contributed by atoms with Gasteiger partial charge >= 0.3 is 0 Å². The largest absolute Gasteiger partial charge is 0.494 e. The molecule has 0 saturated carbocycles. The van der Waals surface area contributed by atoms with Gasteiger partial charge in [0.15, 0.2) is 11.0 Å². The van der Waals surface area contributed by atoms with Gasteiger partial charge in [0.05, 0.1) is 18.6 Å². The van der Waals surface area contributed by atoms with Gasteiger partial charge in [-0.2, -0.15) is 5.10 Å². The van der Waals surface area contributed by atoms with Gasteiger partial charge in [-0.25, -0.2) is 5.43 Å². The number of aromatic nitrogens is 3. The van der Waals surface area contributed by atoms with Gasteiger partial charge in [0.25, 0.3) is 5.91 Å². The summed E-state index contributed by atoms with van der Waals surface area (Å²) in [7, 11) is 0. The van der Waals surface area contributed by atoms with Crippen molar-refractivity contribution in [1.29, 1.82) is 0 Å². The van der Waals surface area contributed by atoms with Crippen LogP contribution in [-0.4, -0.2) is 39.2 Å². The number of benzene rings is 3. The van der Waals surface area contributed by atoms with Crippen molar-refractivity contribution in [3.63, 3.8) is 0 Å². The fourth-order valence-corrected chi connectivity index (χ4v) is 4.13. The van der Waals surface area contributed by atoms with Crippen LogP contribution in [0.5, 0.6) is 5.75 Å². The van der Waals surface area contributed by atoms with E-state index in [-0.39, 0.29) is 11.7 Å². The Labute approximate surface area is 210 Å². The predicted octanol–water partition coefficient (Wildman–Crippen LogP) is 5.34. The molecule has 0 radical (unpaired) electrons. The Hall–Kier alpha value is -3.43. The van der Waals surface area contributed by atoms with E-state index in [2.05, 4.69) is 36.7 Å². The smallest absolute Gasteiger partial charge is 0.250 e. The lowest BCUT2D eigenvalue weighted by molar-refractivity contribution is -0.118. The SMILES string of the molecule is CCOc1ccc(-n2c(SCC(=O)N/N=C/c3ccc(Br)cc3)nnc2-c2ccccc2)cc1. The van der Waals surface area contributed by atoms with E-state index in [1.165, 1.54) is 11.8 Å². The van der Waals surface area contributed by atoms with Gasteiger partial charge in [0.1, 0.15) is 5.75 Å². The zero-order valence-electron chi connectivity index (χ0n) is 18.4. The van der Waals surface area contributed by atoms with Gasteiger partial charge in [-0.15, -0.1) is 10.2 Å². The molecule has 1 heterocycles. The van der Waals surface area contributed by atoms with Gasteiger partial charge in [0, 0.05) is 15.7 Å². The van der Waals surface area contributed by atoms with Gasteiger partial charge in [-0.1, -0.05) is 70.2 Å². The minimum absolute atomic E-state index is 0.141. The zero-order chi connectivity index (χ0) is 23.8. The van der Waals surface area contributed by atoms with Gasteiger partial charge in [-0.05, 0) is 48.9 Å². The molecule has 9 heteroatoms. The molecule has 7 nitrogen and oxygen atoms in total. The molecule has 1 aromatic heterocycles. The second-order valence-corrected chi connectivity index (χ2v) is 8.93. The van der Waals surface area contributed by atoms with E-state index in [0.717, 1.165) is 27.0 Å². The van der Waals surface area contributed by atoms with E-state index >= 15 is 0 Å². The topological polar surface area (TPSA) is 81.4 Å². The van der Waals surface area contributed by atoms with Crippen LogP contribution < -0.4 is 10.2 Å². The molecule has 0 aliphatic rings. The van der Waals surface area contributed by atoms with Gasteiger partial charge in [0.2, 0.25) is 0 Å². The van der Waals surface area contributed by atoms with Crippen LogP contribution >= 0.6 is 27.7 Å². The number of hydrogen-bond acceptors (Lipinski definition) is 6. The molecule has 34 heavy (non-hydrogen) atoms. The Morgan fingerprint density at radius 3 is 2.50 bits per heavy atom. The van der Waals surface area contributed by atoms with Crippen molar-refractivity contribution in [3.8, 4) is 22.8 Å². The number of amides is 1. The number of nitrogens with one attached hydrogen (secondary N) is 1.